The zero-order chi connectivity index (χ0) is 17.9. The Morgan fingerprint density at radius 1 is 1.00 bits per heavy atom. The molecule has 1 aromatic carbocycles. The Morgan fingerprint density at radius 3 is 2.54 bits per heavy atom. The molecule has 2 aromatic heterocycles. The smallest absolute Gasteiger partial charge is 0.135 e. The average molecular weight is 366 g/mol. The number of rotatable bonds is 4. The van der Waals surface area contributed by atoms with E-state index in [1.54, 1.807) is 17.7 Å². The van der Waals surface area contributed by atoms with Crippen molar-refractivity contribution in [3.8, 4) is 11.3 Å². The lowest BCUT2D eigenvalue weighted by molar-refractivity contribution is 0.249. The Balaban J connectivity index is 1.37. The molecule has 0 atom stereocenters. The van der Waals surface area contributed by atoms with Gasteiger partial charge in [0.15, 0.2) is 0 Å². The van der Waals surface area contributed by atoms with Crippen LogP contribution in [0.25, 0.3) is 11.3 Å². The largest absolute Gasteiger partial charge is 0.354 e. The van der Waals surface area contributed by atoms with E-state index in [9.17, 15) is 0 Å². The monoisotopic (exact) mass is 365 g/mol. The Kier molecular flexibility index (Phi) is 4.95. The summed E-state index contributed by atoms with van der Waals surface area (Å²) in [5, 5.41) is 3.35. The lowest BCUT2D eigenvalue weighted by Crippen LogP contribution is -2.46. The molecular weight excluding hydrogens is 342 g/mol. The molecule has 0 bridgehead atoms. The van der Waals surface area contributed by atoms with E-state index in [4.69, 9.17) is 4.98 Å². The van der Waals surface area contributed by atoms with Crippen molar-refractivity contribution in [2.24, 2.45) is 0 Å². The zero-order valence-electron chi connectivity index (χ0n) is 15.2. The molecule has 0 saturated carbocycles. The van der Waals surface area contributed by atoms with E-state index in [2.05, 4.69) is 56.3 Å². The van der Waals surface area contributed by atoms with Gasteiger partial charge in [-0.05, 0) is 13.8 Å². The predicted octanol–water partition coefficient (Wildman–Crippen LogP) is 3.54. The highest BCUT2D eigenvalue weighted by Crippen LogP contribution is 2.24. The molecule has 0 N–H and O–H groups in total. The molecule has 1 saturated heterocycles. The summed E-state index contributed by atoms with van der Waals surface area (Å²) >= 11 is 1.75. The first-order valence-electron chi connectivity index (χ1n) is 8.96. The van der Waals surface area contributed by atoms with Crippen molar-refractivity contribution in [3.05, 3.63) is 58.3 Å². The molecule has 6 heteroatoms. The van der Waals surface area contributed by atoms with Gasteiger partial charge in [-0.15, -0.1) is 11.3 Å². The molecule has 3 heterocycles. The van der Waals surface area contributed by atoms with E-state index in [1.807, 2.05) is 13.0 Å². The van der Waals surface area contributed by atoms with E-state index in [0.717, 1.165) is 49.9 Å². The molecule has 0 spiro atoms. The fourth-order valence-electron chi connectivity index (χ4n) is 3.28. The van der Waals surface area contributed by atoms with Gasteiger partial charge in [0.25, 0.3) is 0 Å². The van der Waals surface area contributed by atoms with Crippen LogP contribution in [-0.4, -0.2) is 46.0 Å². The second-order valence-electron chi connectivity index (χ2n) is 6.66. The topological polar surface area (TPSA) is 45.2 Å². The average Bonchev–Trinajstić information content (AvgIpc) is 3.14. The fourth-order valence-corrected chi connectivity index (χ4v) is 4.12. The molecule has 0 unspecified atom stereocenters. The van der Waals surface area contributed by atoms with Crippen LogP contribution in [0.15, 0.2) is 42.0 Å². The third-order valence-corrected chi connectivity index (χ3v) is 5.80. The summed E-state index contributed by atoms with van der Waals surface area (Å²) in [4.78, 5) is 18.4. The molecule has 1 aliphatic rings. The van der Waals surface area contributed by atoms with Crippen molar-refractivity contribution in [3.63, 3.8) is 0 Å². The van der Waals surface area contributed by atoms with Crippen LogP contribution in [0.2, 0.25) is 0 Å². The van der Waals surface area contributed by atoms with Crippen LogP contribution in [0.5, 0.6) is 0 Å². The van der Waals surface area contributed by atoms with E-state index in [1.165, 1.54) is 16.1 Å². The third kappa shape index (κ3) is 3.61. The van der Waals surface area contributed by atoms with Crippen molar-refractivity contribution in [2.45, 2.75) is 20.4 Å². The van der Waals surface area contributed by atoms with Crippen LogP contribution >= 0.6 is 11.3 Å². The number of piperazine rings is 1. The number of hydrogen-bond donors (Lipinski definition) is 0. The lowest BCUT2D eigenvalue weighted by atomic mass is 10.2. The van der Waals surface area contributed by atoms with Gasteiger partial charge in [-0.2, -0.15) is 0 Å². The first-order valence-corrected chi connectivity index (χ1v) is 9.84. The number of thiazole rings is 1. The van der Waals surface area contributed by atoms with E-state index >= 15 is 0 Å². The van der Waals surface area contributed by atoms with Crippen LogP contribution in [-0.2, 0) is 6.54 Å². The normalized spacial score (nSPS) is 15.4. The number of hydrogen-bond acceptors (Lipinski definition) is 6. The first-order chi connectivity index (χ1) is 12.7. The molecule has 4 rings (SSSR count). The van der Waals surface area contributed by atoms with Crippen molar-refractivity contribution < 1.29 is 0 Å². The summed E-state index contributed by atoms with van der Waals surface area (Å²) in [5.41, 5.74) is 4.52. The summed E-state index contributed by atoms with van der Waals surface area (Å²) in [5.74, 6) is 1.08. The van der Waals surface area contributed by atoms with Crippen LogP contribution < -0.4 is 4.90 Å². The number of anilines is 1. The van der Waals surface area contributed by atoms with Gasteiger partial charge >= 0.3 is 0 Å². The summed E-state index contributed by atoms with van der Waals surface area (Å²) in [7, 11) is 0. The second kappa shape index (κ2) is 7.51. The molecule has 134 valence electrons. The Hall–Kier alpha value is -2.31. The minimum Gasteiger partial charge on any atom is -0.354 e. The molecule has 0 amide bonds. The maximum atomic E-state index is 4.82. The van der Waals surface area contributed by atoms with E-state index in [0.29, 0.717) is 0 Å². The number of aromatic nitrogens is 3. The lowest BCUT2D eigenvalue weighted by Gasteiger charge is -2.35. The highest BCUT2D eigenvalue weighted by Gasteiger charge is 2.21. The zero-order valence-corrected chi connectivity index (χ0v) is 16.0. The van der Waals surface area contributed by atoms with E-state index < -0.39 is 0 Å². The minimum absolute atomic E-state index is 0.924. The van der Waals surface area contributed by atoms with Crippen LogP contribution in [0.3, 0.4) is 0 Å². The molecular formula is C20H23N5S. The van der Waals surface area contributed by atoms with Gasteiger partial charge in [0, 0.05) is 48.4 Å². The number of aryl methyl sites for hydroxylation is 1. The van der Waals surface area contributed by atoms with Crippen molar-refractivity contribution in [2.75, 3.05) is 31.1 Å². The molecule has 5 nitrogen and oxygen atoms in total. The van der Waals surface area contributed by atoms with Crippen molar-refractivity contribution in [1.82, 2.24) is 19.9 Å². The Labute approximate surface area is 158 Å². The summed E-state index contributed by atoms with van der Waals surface area (Å²) in [6.45, 7) is 9.13. The van der Waals surface area contributed by atoms with Crippen LogP contribution in [0, 0.1) is 13.8 Å². The molecule has 3 aromatic rings. The maximum Gasteiger partial charge on any atom is 0.135 e. The maximum absolute atomic E-state index is 4.82. The van der Waals surface area contributed by atoms with Crippen LogP contribution in [0.4, 0.5) is 5.82 Å². The SMILES string of the molecule is Cc1ncnc(N2CCN(Cc3nc(-c4ccccc4)cs3)CC2)c1C. The highest BCUT2D eigenvalue weighted by molar-refractivity contribution is 7.09. The summed E-state index contributed by atoms with van der Waals surface area (Å²) in [6, 6.07) is 10.4. The molecule has 1 fully saturated rings. The second-order valence-corrected chi connectivity index (χ2v) is 7.61. The first kappa shape index (κ1) is 17.1. The summed E-state index contributed by atoms with van der Waals surface area (Å²) in [6.07, 6.45) is 1.67. The quantitative estimate of drug-likeness (QED) is 0.708. The minimum atomic E-state index is 0.924. The molecule has 26 heavy (non-hydrogen) atoms. The van der Waals surface area contributed by atoms with Gasteiger partial charge in [0.1, 0.15) is 17.2 Å². The summed E-state index contributed by atoms with van der Waals surface area (Å²) < 4.78 is 0. The van der Waals surface area contributed by atoms with Gasteiger partial charge in [0.2, 0.25) is 0 Å². The third-order valence-electron chi connectivity index (χ3n) is 4.96. The number of nitrogens with zero attached hydrogens (tertiary/aromatic N) is 5. The van der Waals surface area contributed by atoms with Gasteiger partial charge < -0.3 is 4.90 Å². The standard InChI is InChI=1S/C20H23N5S/c1-15-16(2)21-14-22-20(15)25-10-8-24(9-11-25)12-19-23-18(13-26-19)17-6-4-3-5-7-17/h3-7,13-14H,8-12H2,1-2H3. The van der Waals surface area contributed by atoms with Gasteiger partial charge in [0.05, 0.1) is 12.2 Å². The molecule has 0 radical (unpaired) electrons. The van der Waals surface area contributed by atoms with Crippen molar-refractivity contribution >= 4 is 17.2 Å². The predicted molar refractivity (Wildman–Crippen MR) is 107 cm³/mol. The van der Waals surface area contributed by atoms with E-state index in [-0.39, 0.29) is 0 Å². The van der Waals surface area contributed by atoms with Gasteiger partial charge in [-0.3, -0.25) is 4.90 Å². The number of benzene rings is 1. The fraction of sp³-hybridized carbons (Fsp3) is 0.350. The van der Waals surface area contributed by atoms with Gasteiger partial charge in [-0.1, -0.05) is 30.3 Å². The Bertz CT molecular complexity index is 869. The molecule has 0 aliphatic carbocycles. The highest BCUT2D eigenvalue weighted by atomic mass is 32.1. The van der Waals surface area contributed by atoms with Crippen LogP contribution in [0.1, 0.15) is 16.3 Å². The Morgan fingerprint density at radius 2 is 1.77 bits per heavy atom. The molecule has 1 aliphatic heterocycles. The van der Waals surface area contributed by atoms with Crippen molar-refractivity contribution in [1.29, 1.82) is 0 Å². The van der Waals surface area contributed by atoms with Gasteiger partial charge in [-0.25, -0.2) is 15.0 Å².